The van der Waals surface area contributed by atoms with Gasteiger partial charge < -0.3 is 10.2 Å². The number of nitrogens with two attached hydrogens (primary N) is 1. The van der Waals surface area contributed by atoms with E-state index in [1.807, 2.05) is 24.3 Å². The van der Waals surface area contributed by atoms with Gasteiger partial charge in [-0.15, -0.1) is 0 Å². The largest absolute Gasteiger partial charge is 0.434 e. The molecule has 0 aliphatic heterocycles. The first-order valence-corrected chi connectivity index (χ1v) is 5.80. The highest BCUT2D eigenvalue weighted by atomic mass is 79.9. The summed E-state index contributed by atoms with van der Waals surface area (Å²) in [4.78, 5) is 8.43. The lowest BCUT2D eigenvalue weighted by molar-refractivity contribution is 0.619. The molecule has 0 saturated heterocycles. The van der Waals surface area contributed by atoms with E-state index in [1.165, 1.54) is 0 Å². The maximum atomic E-state index is 5.64. The fourth-order valence-electron chi connectivity index (χ4n) is 1.58. The third-order valence-electron chi connectivity index (χ3n) is 2.37. The number of nitrogens with zero attached hydrogens (tertiary/aromatic N) is 2. The Morgan fingerprint density at radius 2 is 2.06 bits per heavy atom. The molecule has 0 spiro atoms. The van der Waals surface area contributed by atoms with Crippen LogP contribution in [-0.4, -0.2) is 9.97 Å². The van der Waals surface area contributed by atoms with Gasteiger partial charge in [0.25, 0.3) is 0 Å². The summed E-state index contributed by atoms with van der Waals surface area (Å²) in [5.74, 6) is 0.533. The molecule has 0 aliphatic rings. The monoisotopic (exact) mass is 289 g/mol. The van der Waals surface area contributed by atoms with E-state index >= 15 is 0 Å². The van der Waals surface area contributed by atoms with Crippen LogP contribution in [0, 0.1) is 0 Å². The van der Waals surface area contributed by atoms with Gasteiger partial charge in [-0.1, -0.05) is 12.1 Å². The van der Waals surface area contributed by atoms with Crippen molar-refractivity contribution in [1.82, 2.24) is 9.97 Å². The highest BCUT2D eigenvalue weighted by Gasteiger charge is 2.11. The van der Waals surface area contributed by atoms with E-state index in [1.54, 1.807) is 12.3 Å². The zero-order valence-electron chi connectivity index (χ0n) is 8.72. The Labute approximate surface area is 106 Å². The van der Waals surface area contributed by atoms with Gasteiger partial charge in [-0.2, -0.15) is 4.98 Å². The van der Waals surface area contributed by atoms with Crippen molar-refractivity contribution in [3.8, 4) is 11.5 Å². The minimum absolute atomic E-state index is 0.533. The average Bonchev–Trinajstić information content (AvgIpc) is 2.72. The molecule has 4 nitrogen and oxygen atoms in total. The fraction of sp³-hybridized carbons (Fsp3) is 0. The summed E-state index contributed by atoms with van der Waals surface area (Å²) in [6.45, 7) is 0. The SMILES string of the molecule is Nc1cnc2nc(-c3ccccc3Br)oc2c1. The highest BCUT2D eigenvalue weighted by molar-refractivity contribution is 9.10. The van der Waals surface area contributed by atoms with Crippen molar-refractivity contribution in [3.63, 3.8) is 0 Å². The second-order valence-corrected chi connectivity index (χ2v) is 4.44. The normalized spacial score (nSPS) is 10.9. The molecule has 2 N–H and O–H groups in total. The summed E-state index contributed by atoms with van der Waals surface area (Å²) >= 11 is 3.46. The van der Waals surface area contributed by atoms with E-state index in [4.69, 9.17) is 10.2 Å². The smallest absolute Gasteiger partial charge is 0.230 e. The number of rotatable bonds is 1. The third-order valence-corrected chi connectivity index (χ3v) is 3.06. The van der Waals surface area contributed by atoms with E-state index in [-0.39, 0.29) is 0 Å². The quantitative estimate of drug-likeness (QED) is 0.747. The lowest BCUT2D eigenvalue weighted by atomic mass is 10.2. The lowest BCUT2D eigenvalue weighted by Crippen LogP contribution is -1.85. The predicted octanol–water partition coefficient (Wildman–Crippen LogP) is 3.23. The van der Waals surface area contributed by atoms with Crippen molar-refractivity contribution in [2.24, 2.45) is 0 Å². The van der Waals surface area contributed by atoms with Gasteiger partial charge in [-0.05, 0) is 28.1 Å². The first-order chi connectivity index (χ1) is 8.24. The summed E-state index contributed by atoms with van der Waals surface area (Å²) in [5.41, 5.74) is 8.25. The number of pyridine rings is 1. The first kappa shape index (κ1) is 10.3. The van der Waals surface area contributed by atoms with Crippen molar-refractivity contribution >= 4 is 32.8 Å². The Bertz CT molecular complexity index is 693. The number of nitrogen functional groups attached to an aromatic ring is 1. The zero-order valence-corrected chi connectivity index (χ0v) is 10.3. The predicted molar refractivity (Wildman–Crippen MR) is 69.4 cm³/mol. The third kappa shape index (κ3) is 1.78. The molecule has 0 radical (unpaired) electrons. The number of benzene rings is 1. The Morgan fingerprint density at radius 3 is 2.88 bits per heavy atom. The lowest BCUT2D eigenvalue weighted by Gasteiger charge is -1.96. The molecule has 5 heteroatoms. The van der Waals surface area contributed by atoms with E-state index in [9.17, 15) is 0 Å². The van der Waals surface area contributed by atoms with Crippen LogP contribution in [0.1, 0.15) is 0 Å². The second kappa shape index (κ2) is 3.85. The van der Waals surface area contributed by atoms with Crippen LogP contribution >= 0.6 is 15.9 Å². The van der Waals surface area contributed by atoms with Gasteiger partial charge in [0.15, 0.2) is 11.2 Å². The van der Waals surface area contributed by atoms with Gasteiger partial charge in [-0.3, -0.25) is 0 Å². The van der Waals surface area contributed by atoms with Crippen LogP contribution in [0.25, 0.3) is 22.7 Å². The molecule has 0 bridgehead atoms. The molecular formula is C12H8BrN3O. The van der Waals surface area contributed by atoms with Gasteiger partial charge in [-0.25, -0.2) is 4.98 Å². The van der Waals surface area contributed by atoms with Crippen LogP contribution in [0.2, 0.25) is 0 Å². The molecule has 3 rings (SSSR count). The molecule has 0 atom stereocenters. The number of hydrogen-bond acceptors (Lipinski definition) is 4. The first-order valence-electron chi connectivity index (χ1n) is 5.01. The Kier molecular flexibility index (Phi) is 2.33. The molecule has 3 aromatic rings. The summed E-state index contributed by atoms with van der Waals surface area (Å²) in [6.07, 6.45) is 1.56. The van der Waals surface area contributed by atoms with Crippen LogP contribution in [0.3, 0.4) is 0 Å². The maximum Gasteiger partial charge on any atom is 0.230 e. The van der Waals surface area contributed by atoms with Crippen LogP contribution in [0.4, 0.5) is 5.69 Å². The number of fused-ring (bicyclic) bond motifs is 1. The Balaban J connectivity index is 2.22. The van der Waals surface area contributed by atoms with Gasteiger partial charge in [0, 0.05) is 10.5 Å². The molecule has 17 heavy (non-hydrogen) atoms. The van der Waals surface area contributed by atoms with E-state index in [0.29, 0.717) is 22.8 Å². The van der Waals surface area contributed by atoms with Crippen LogP contribution < -0.4 is 5.73 Å². The number of oxazole rings is 1. The Hall–Kier alpha value is -1.88. The van der Waals surface area contributed by atoms with Gasteiger partial charge in [0.1, 0.15) is 0 Å². The molecule has 0 aliphatic carbocycles. The van der Waals surface area contributed by atoms with Crippen LogP contribution in [0.5, 0.6) is 0 Å². The summed E-state index contributed by atoms with van der Waals surface area (Å²) < 4.78 is 6.56. The van der Waals surface area contributed by atoms with Crippen molar-refractivity contribution in [2.45, 2.75) is 0 Å². The van der Waals surface area contributed by atoms with Gasteiger partial charge in [0.2, 0.25) is 5.89 Å². The fourth-order valence-corrected chi connectivity index (χ4v) is 2.04. The van der Waals surface area contributed by atoms with Crippen LogP contribution in [-0.2, 0) is 0 Å². The van der Waals surface area contributed by atoms with Crippen molar-refractivity contribution in [1.29, 1.82) is 0 Å². The minimum atomic E-state index is 0.533. The van der Waals surface area contributed by atoms with Crippen molar-refractivity contribution in [3.05, 3.63) is 41.0 Å². The van der Waals surface area contributed by atoms with E-state index in [2.05, 4.69) is 25.9 Å². The highest BCUT2D eigenvalue weighted by Crippen LogP contribution is 2.29. The molecule has 84 valence electrons. The molecule has 2 aromatic heterocycles. The van der Waals surface area contributed by atoms with E-state index < -0.39 is 0 Å². The van der Waals surface area contributed by atoms with Gasteiger partial charge >= 0.3 is 0 Å². The summed E-state index contributed by atoms with van der Waals surface area (Å²) in [6, 6.07) is 9.45. The summed E-state index contributed by atoms with van der Waals surface area (Å²) in [5, 5.41) is 0. The van der Waals surface area contributed by atoms with Crippen molar-refractivity contribution in [2.75, 3.05) is 5.73 Å². The molecule has 0 saturated carbocycles. The number of aromatic nitrogens is 2. The molecule has 0 unspecified atom stereocenters. The topological polar surface area (TPSA) is 64.9 Å². The minimum Gasteiger partial charge on any atom is -0.434 e. The average molecular weight is 290 g/mol. The maximum absolute atomic E-state index is 5.64. The molecule has 1 aromatic carbocycles. The Morgan fingerprint density at radius 1 is 1.24 bits per heavy atom. The summed E-state index contributed by atoms with van der Waals surface area (Å²) in [7, 11) is 0. The van der Waals surface area contributed by atoms with E-state index in [0.717, 1.165) is 10.0 Å². The molecule has 2 heterocycles. The zero-order chi connectivity index (χ0) is 11.8. The number of anilines is 1. The number of halogens is 1. The number of hydrogen-bond donors (Lipinski definition) is 1. The van der Waals surface area contributed by atoms with Crippen LogP contribution in [0.15, 0.2) is 45.4 Å². The molecule has 0 fully saturated rings. The molecule has 0 amide bonds. The second-order valence-electron chi connectivity index (χ2n) is 3.59. The molecular weight excluding hydrogens is 282 g/mol. The standard InChI is InChI=1S/C12H8BrN3O/c13-9-4-2-1-3-8(9)12-16-11-10(17-12)5-7(14)6-15-11/h1-6H,14H2. The van der Waals surface area contributed by atoms with Crippen molar-refractivity contribution < 1.29 is 4.42 Å². The van der Waals surface area contributed by atoms with Gasteiger partial charge in [0.05, 0.1) is 17.4 Å².